The van der Waals surface area contributed by atoms with Crippen LogP contribution in [0.25, 0.3) is 0 Å². The van der Waals surface area contributed by atoms with Crippen molar-refractivity contribution in [2.45, 2.75) is 23.5 Å². The second-order valence-corrected chi connectivity index (χ2v) is 5.59. The van der Waals surface area contributed by atoms with E-state index < -0.39 is 0 Å². The van der Waals surface area contributed by atoms with E-state index in [-0.39, 0.29) is 12.2 Å². The zero-order valence-electron chi connectivity index (χ0n) is 11.2. The first-order chi connectivity index (χ1) is 9.24. The lowest BCUT2D eigenvalue weighted by molar-refractivity contribution is -0.0865. The fourth-order valence-electron chi connectivity index (χ4n) is 1.97. The summed E-state index contributed by atoms with van der Waals surface area (Å²) < 4.78 is 21.8. The molecule has 0 heterocycles. The summed E-state index contributed by atoms with van der Waals surface area (Å²) in [6.07, 6.45) is 1.09. The molecule has 1 aromatic carbocycles. The van der Waals surface area contributed by atoms with Gasteiger partial charge in [-0.1, -0.05) is 22.0 Å². The summed E-state index contributed by atoms with van der Waals surface area (Å²) in [6.45, 7) is 1.18. The van der Waals surface area contributed by atoms with Crippen LogP contribution >= 0.6 is 15.9 Å². The van der Waals surface area contributed by atoms with Crippen LogP contribution in [0.2, 0.25) is 0 Å². The minimum Gasteiger partial charge on any atom is -0.497 e. The van der Waals surface area contributed by atoms with Crippen LogP contribution < -0.4 is 9.47 Å². The number of rotatable bonds is 7. The topological polar surface area (TPSA) is 36.9 Å². The van der Waals surface area contributed by atoms with Crippen molar-refractivity contribution < 1.29 is 18.9 Å². The van der Waals surface area contributed by atoms with Crippen molar-refractivity contribution in [3.63, 3.8) is 0 Å². The molecule has 0 N–H and O–H groups in total. The maximum absolute atomic E-state index is 5.93. The highest BCUT2D eigenvalue weighted by atomic mass is 79.9. The Hall–Kier alpha value is -0.780. The zero-order valence-corrected chi connectivity index (χ0v) is 12.8. The van der Waals surface area contributed by atoms with Crippen LogP contribution in [-0.4, -0.2) is 44.5 Å². The Balaban J connectivity index is 1.87. The van der Waals surface area contributed by atoms with Gasteiger partial charge in [0.15, 0.2) is 0 Å². The average molecular weight is 331 g/mol. The van der Waals surface area contributed by atoms with E-state index in [1.807, 2.05) is 24.3 Å². The van der Waals surface area contributed by atoms with Gasteiger partial charge in [-0.25, -0.2) is 0 Å². The van der Waals surface area contributed by atoms with Crippen molar-refractivity contribution >= 4 is 15.9 Å². The van der Waals surface area contributed by atoms with Crippen LogP contribution in [-0.2, 0) is 9.47 Å². The quantitative estimate of drug-likeness (QED) is 0.569. The highest BCUT2D eigenvalue weighted by Crippen LogP contribution is 2.34. The predicted octanol–water partition coefficient (Wildman–Crippen LogP) is 2.64. The molecule has 0 saturated heterocycles. The van der Waals surface area contributed by atoms with E-state index in [0.29, 0.717) is 18.0 Å². The number of benzene rings is 1. The third-order valence-electron chi connectivity index (χ3n) is 3.11. The summed E-state index contributed by atoms with van der Waals surface area (Å²) >= 11 is 3.59. The molecule has 0 spiro atoms. The minimum absolute atomic E-state index is 0.0707. The third kappa shape index (κ3) is 3.84. The largest absolute Gasteiger partial charge is 0.497 e. The molecule has 0 amide bonds. The molecule has 2 rings (SSSR count). The second kappa shape index (κ2) is 7.12. The van der Waals surface area contributed by atoms with E-state index >= 15 is 0 Å². The Morgan fingerprint density at radius 3 is 2.68 bits per heavy atom. The molecule has 1 aliphatic carbocycles. The molecule has 1 aromatic rings. The molecule has 0 aromatic heterocycles. The van der Waals surface area contributed by atoms with Gasteiger partial charge in [-0.15, -0.1) is 0 Å². The first-order valence-corrected chi connectivity index (χ1v) is 7.21. The fourth-order valence-corrected chi connectivity index (χ4v) is 2.83. The highest BCUT2D eigenvalue weighted by Gasteiger charge is 2.42. The average Bonchev–Trinajstić information content (AvgIpc) is 2.43. The van der Waals surface area contributed by atoms with Crippen molar-refractivity contribution in [3.05, 3.63) is 24.3 Å². The van der Waals surface area contributed by atoms with Gasteiger partial charge in [-0.3, -0.25) is 0 Å². The lowest BCUT2D eigenvalue weighted by atomic mass is 9.91. The molecule has 5 heteroatoms. The number of ether oxygens (including phenoxy) is 4. The first kappa shape index (κ1) is 14.6. The van der Waals surface area contributed by atoms with Gasteiger partial charge in [-0.05, 0) is 12.1 Å². The summed E-state index contributed by atoms with van der Waals surface area (Å²) in [5.74, 6) is 1.60. The summed E-state index contributed by atoms with van der Waals surface area (Å²) in [7, 11) is 3.31. The molecule has 0 bridgehead atoms. The fraction of sp³-hybridized carbons (Fsp3) is 0.571. The Bertz CT molecular complexity index is 399. The molecule has 1 saturated carbocycles. The Morgan fingerprint density at radius 2 is 2.00 bits per heavy atom. The van der Waals surface area contributed by atoms with E-state index in [1.165, 1.54) is 0 Å². The highest BCUT2D eigenvalue weighted by molar-refractivity contribution is 9.09. The molecule has 1 aliphatic rings. The predicted molar refractivity (Wildman–Crippen MR) is 76.4 cm³/mol. The summed E-state index contributed by atoms with van der Waals surface area (Å²) in [5, 5.41) is 0. The lowest BCUT2D eigenvalue weighted by Gasteiger charge is -2.40. The molecule has 0 radical (unpaired) electrons. The van der Waals surface area contributed by atoms with E-state index in [1.54, 1.807) is 14.2 Å². The van der Waals surface area contributed by atoms with Crippen molar-refractivity contribution in [3.8, 4) is 11.5 Å². The number of hydrogen-bond acceptors (Lipinski definition) is 4. The molecule has 19 heavy (non-hydrogen) atoms. The van der Waals surface area contributed by atoms with Gasteiger partial charge >= 0.3 is 0 Å². The van der Waals surface area contributed by atoms with Gasteiger partial charge in [-0.2, -0.15) is 0 Å². The molecule has 3 unspecified atom stereocenters. The second-order valence-electron chi connectivity index (χ2n) is 4.42. The molecule has 4 nitrogen and oxygen atoms in total. The monoisotopic (exact) mass is 330 g/mol. The smallest absolute Gasteiger partial charge is 0.127 e. The van der Waals surface area contributed by atoms with E-state index in [9.17, 15) is 0 Å². The van der Waals surface area contributed by atoms with Crippen molar-refractivity contribution in [2.75, 3.05) is 27.4 Å². The van der Waals surface area contributed by atoms with E-state index in [4.69, 9.17) is 18.9 Å². The van der Waals surface area contributed by atoms with Crippen LogP contribution in [0, 0.1) is 0 Å². The minimum atomic E-state index is 0.0707. The number of alkyl halides is 1. The standard InChI is InChI=1S/C14H19BrO4/c1-16-6-7-18-14-12(15)9-13(14)19-11-5-3-4-10(8-11)17-2/h3-5,8,12-14H,6-7,9H2,1-2H3. The maximum Gasteiger partial charge on any atom is 0.127 e. The molecule has 3 atom stereocenters. The van der Waals surface area contributed by atoms with Crippen molar-refractivity contribution in [2.24, 2.45) is 0 Å². The van der Waals surface area contributed by atoms with Crippen molar-refractivity contribution in [1.82, 2.24) is 0 Å². The lowest BCUT2D eigenvalue weighted by Crippen LogP contribution is -2.52. The molecule has 1 fully saturated rings. The SMILES string of the molecule is COCCOC1C(Br)CC1Oc1cccc(OC)c1. The molecular formula is C14H19BrO4. The molecular weight excluding hydrogens is 312 g/mol. The van der Waals surface area contributed by atoms with Crippen molar-refractivity contribution in [1.29, 1.82) is 0 Å². The van der Waals surface area contributed by atoms with E-state index in [2.05, 4.69) is 15.9 Å². The summed E-state index contributed by atoms with van der Waals surface area (Å²) in [6, 6.07) is 7.62. The normalized spacial score (nSPS) is 25.7. The Labute approximate surface area is 122 Å². The number of halogens is 1. The van der Waals surface area contributed by atoms with Crippen LogP contribution in [0.15, 0.2) is 24.3 Å². The molecule has 106 valence electrons. The third-order valence-corrected chi connectivity index (χ3v) is 4.00. The van der Waals surface area contributed by atoms with Gasteiger partial charge < -0.3 is 18.9 Å². The van der Waals surface area contributed by atoms with Crippen LogP contribution in [0.1, 0.15) is 6.42 Å². The zero-order chi connectivity index (χ0) is 13.7. The Kier molecular flexibility index (Phi) is 5.48. The van der Waals surface area contributed by atoms with Crippen LogP contribution in [0.5, 0.6) is 11.5 Å². The van der Waals surface area contributed by atoms with Gasteiger partial charge in [0.25, 0.3) is 0 Å². The van der Waals surface area contributed by atoms with E-state index in [0.717, 1.165) is 17.9 Å². The number of methoxy groups -OCH3 is 2. The maximum atomic E-state index is 5.93. The van der Waals surface area contributed by atoms with Crippen LogP contribution in [0.3, 0.4) is 0 Å². The van der Waals surface area contributed by atoms with Gasteiger partial charge in [0.2, 0.25) is 0 Å². The summed E-state index contributed by atoms with van der Waals surface area (Å²) in [5.41, 5.74) is 0. The number of hydrogen-bond donors (Lipinski definition) is 0. The van der Waals surface area contributed by atoms with Gasteiger partial charge in [0.05, 0.1) is 20.3 Å². The first-order valence-electron chi connectivity index (χ1n) is 6.30. The van der Waals surface area contributed by atoms with Crippen LogP contribution in [0.4, 0.5) is 0 Å². The van der Waals surface area contributed by atoms with Gasteiger partial charge in [0.1, 0.15) is 23.7 Å². The Morgan fingerprint density at radius 1 is 1.21 bits per heavy atom. The molecule has 0 aliphatic heterocycles. The summed E-state index contributed by atoms with van der Waals surface area (Å²) in [4.78, 5) is 0.347. The van der Waals surface area contributed by atoms with Gasteiger partial charge in [0, 0.05) is 24.4 Å².